The maximum atomic E-state index is 11.1. The second-order valence-electron chi connectivity index (χ2n) is 3.99. The Balaban J connectivity index is 0.00000144. The van der Waals surface area contributed by atoms with E-state index in [1.165, 1.54) is 6.07 Å². The molecular formula is C10H18N2O. The maximum absolute atomic E-state index is 11.1. The van der Waals surface area contributed by atoms with Gasteiger partial charge in [0.25, 0.3) is 5.56 Å². The molecule has 0 radical (unpaired) electrons. The molecule has 0 saturated carbocycles. The molecule has 0 fully saturated rings. The quantitative estimate of drug-likeness (QED) is 0.667. The van der Waals surface area contributed by atoms with Gasteiger partial charge in [0, 0.05) is 17.2 Å². The summed E-state index contributed by atoms with van der Waals surface area (Å²) in [4.78, 5) is 18.0. The summed E-state index contributed by atoms with van der Waals surface area (Å²) >= 11 is 0. The van der Waals surface area contributed by atoms with Crippen LogP contribution < -0.4 is 5.56 Å². The predicted molar refractivity (Wildman–Crippen MR) is 55.0 cm³/mol. The average molecular weight is 182 g/mol. The summed E-state index contributed by atoms with van der Waals surface area (Å²) in [6, 6.07) is 1.50. The van der Waals surface area contributed by atoms with Gasteiger partial charge in [-0.15, -0.1) is 0 Å². The van der Waals surface area contributed by atoms with Gasteiger partial charge in [-0.2, -0.15) is 0 Å². The summed E-state index contributed by atoms with van der Waals surface area (Å²) in [5.41, 5.74) is 0.599. The Bertz CT molecular complexity index is 334. The zero-order valence-corrected chi connectivity index (χ0v) is 7.93. The van der Waals surface area contributed by atoms with Gasteiger partial charge in [0.2, 0.25) is 0 Å². The molecular weight excluding hydrogens is 164 g/mol. The summed E-state index contributed by atoms with van der Waals surface area (Å²) in [6.07, 6.45) is 0. The highest BCUT2D eigenvalue weighted by molar-refractivity contribution is 5.06. The van der Waals surface area contributed by atoms with Crippen molar-refractivity contribution < 1.29 is 0 Å². The number of aromatic amines is 1. The highest BCUT2D eigenvalue weighted by Crippen LogP contribution is 2.16. The van der Waals surface area contributed by atoms with Gasteiger partial charge < -0.3 is 4.98 Å². The summed E-state index contributed by atoms with van der Waals surface area (Å²) in [5, 5.41) is 0. The SMILES string of the molecule is C.Cc1cc(=O)[nH]c(C(C)(C)C)n1. The average Bonchev–Trinajstić information content (AvgIpc) is 1.82. The molecule has 0 atom stereocenters. The molecule has 74 valence electrons. The Labute approximate surface area is 79.2 Å². The Morgan fingerprint density at radius 2 is 1.92 bits per heavy atom. The van der Waals surface area contributed by atoms with E-state index in [4.69, 9.17) is 0 Å². The molecule has 0 aliphatic carbocycles. The van der Waals surface area contributed by atoms with Crippen LogP contribution in [0.25, 0.3) is 0 Å². The van der Waals surface area contributed by atoms with Crippen molar-refractivity contribution >= 4 is 0 Å². The van der Waals surface area contributed by atoms with Crippen LogP contribution in [0, 0.1) is 6.92 Å². The van der Waals surface area contributed by atoms with Gasteiger partial charge in [-0.25, -0.2) is 4.98 Å². The zero-order valence-electron chi connectivity index (χ0n) is 7.93. The molecule has 1 aromatic rings. The van der Waals surface area contributed by atoms with E-state index in [1.54, 1.807) is 0 Å². The van der Waals surface area contributed by atoms with Crippen molar-refractivity contribution in [3.05, 3.63) is 27.9 Å². The molecule has 0 aromatic carbocycles. The van der Waals surface area contributed by atoms with Gasteiger partial charge in [0.05, 0.1) is 0 Å². The van der Waals surface area contributed by atoms with Gasteiger partial charge >= 0.3 is 0 Å². The van der Waals surface area contributed by atoms with E-state index in [1.807, 2.05) is 27.7 Å². The molecule has 1 N–H and O–H groups in total. The smallest absolute Gasteiger partial charge is 0.251 e. The van der Waals surface area contributed by atoms with Crippen LogP contribution in [-0.4, -0.2) is 9.97 Å². The number of hydrogen-bond donors (Lipinski definition) is 1. The Morgan fingerprint density at radius 1 is 1.38 bits per heavy atom. The van der Waals surface area contributed by atoms with E-state index >= 15 is 0 Å². The molecule has 0 spiro atoms. The van der Waals surface area contributed by atoms with Crippen molar-refractivity contribution in [3.63, 3.8) is 0 Å². The fraction of sp³-hybridized carbons (Fsp3) is 0.600. The Hall–Kier alpha value is -1.12. The number of aryl methyl sites for hydroxylation is 1. The first-order valence-electron chi connectivity index (χ1n) is 3.98. The minimum absolute atomic E-state index is 0. The van der Waals surface area contributed by atoms with E-state index in [0.29, 0.717) is 0 Å². The van der Waals surface area contributed by atoms with Crippen LogP contribution >= 0.6 is 0 Å². The van der Waals surface area contributed by atoms with Gasteiger partial charge in [-0.3, -0.25) is 4.79 Å². The lowest BCUT2D eigenvalue weighted by atomic mass is 9.96. The molecule has 0 amide bonds. The first kappa shape index (κ1) is 11.9. The van der Waals surface area contributed by atoms with Crippen molar-refractivity contribution in [1.82, 2.24) is 9.97 Å². The van der Waals surface area contributed by atoms with Gasteiger partial charge in [0.1, 0.15) is 5.82 Å². The molecule has 3 heteroatoms. The zero-order chi connectivity index (χ0) is 9.35. The summed E-state index contributed by atoms with van der Waals surface area (Å²) < 4.78 is 0. The number of H-pyrrole nitrogens is 1. The molecule has 0 saturated heterocycles. The molecule has 1 aromatic heterocycles. The lowest BCUT2D eigenvalue weighted by molar-refractivity contribution is 0.540. The Morgan fingerprint density at radius 3 is 2.31 bits per heavy atom. The second kappa shape index (κ2) is 3.73. The van der Waals surface area contributed by atoms with Crippen LogP contribution in [0.1, 0.15) is 39.7 Å². The summed E-state index contributed by atoms with van der Waals surface area (Å²) in [7, 11) is 0. The van der Waals surface area contributed by atoms with Crippen LogP contribution in [0.4, 0.5) is 0 Å². The first-order valence-corrected chi connectivity index (χ1v) is 3.98. The van der Waals surface area contributed by atoms with Crippen LogP contribution in [0.5, 0.6) is 0 Å². The standard InChI is InChI=1S/C9H14N2O.CH4/c1-6-5-7(12)11-8(10-6)9(2,3)4;/h5H,1-4H3,(H,10,11,12);1H4. The van der Waals surface area contributed by atoms with Crippen molar-refractivity contribution in [1.29, 1.82) is 0 Å². The molecule has 1 rings (SSSR count). The fourth-order valence-corrected chi connectivity index (χ4v) is 0.934. The molecule has 0 bridgehead atoms. The van der Waals surface area contributed by atoms with E-state index in [2.05, 4.69) is 9.97 Å². The highest BCUT2D eigenvalue weighted by atomic mass is 16.1. The van der Waals surface area contributed by atoms with Crippen LogP contribution in [0.2, 0.25) is 0 Å². The van der Waals surface area contributed by atoms with Crippen molar-refractivity contribution in [2.24, 2.45) is 0 Å². The lowest BCUT2D eigenvalue weighted by Crippen LogP contribution is -2.21. The summed E-state index contributed by atoms with van der Waals surface area (Å²) in [5.74, 6) is 0.743. The van der Waals surface area contributed by atoms with Crippen molar-refractivity contribution in [3.8, 4) is 0 Å². The molecule has 13 heavy (non-hydrogen) atoms. The van der Waals surface area contributed by atoms with E-state index in [0.717, 1.165) is 11.5 Å². The molecule has 1 heterocycles. The third-order valence-electron chi connectivity index (χ3n) is 1.58. The molecule has 0 unspecified atom stereocenters. The largest absolute Gasteiger partial charge is 0.310 e. The minimum atomic E-state index is -0.0921. The number of aromatic nitrogens is 2. The number of rotatable bonds is 0. The van der Waals surface area contributed by atoms with Gasteiger partial charge in [0.15, 0.2) is 0 Å². The monoisotopic (exact) mass is 182 g/mol. The van der Waals surface area contributed by atoms with E-state index < -0.39 is 0 Å². The number of nitrogens with zero attached hydrogens (tertiary/aromatic N) is 1. The van der Waals surface area contributed by atoms with Crippen LogP contribution in [0.15, 0.2) is 10.9 Å². The summed E-state index contributed by atoms with van der Waals surface area (Å²) in [6.45, 7) is 7.88. The first-order chi connectivity index (χ1) is 5.39. The van der Waals surface area contributed by atoms with Gasteiger partial charge in [-0.05, 0) is 6.92 Å². The van der Waals surface area contributed by atoms with Gasteiger partial charge in [-0.1, -0.05) is 28.2 Å². The topological polar surface area (TPSA) is 45.8 Å². The number of hydrogen-bond acceptors (Lipinski definition) is 2. The third kappa shape index (κ3) is 3.01. The molecule has 0 aliphatic heterocycles. The second-order valence-corrected chi connectivity index (χ2v) is 3.99. The third-order valence-corrected chi connectivity index (χ3v) is 1.58. The molecule has 3 nitrogen and oxygen atoms in total. The normalized spacial score (nSPS) is 10.8. The molecule has 0 aliphatic rings. The highest BCUT2D eigenvalue weighted by Gasteiger charge is 2.16. The van der Waals surface area contributed by atoms with E-state index in [9.17, 15) is 4.79 Å². The fourth-order valence-electron chi connectivity index (χ4n) is 0.934. The predicted octanol–water partition coefficient (Wildman–Crippen LogP) is 2.01. The van der Waals surface area contributed by atoms with Crippen LogP contribution in [-0.2, 0) is 5.41 Å². The maximum Gasteiger partial charge on any atom is 0.251 e. The van der Waals surface area contributed by atoms with Crippen molar-refractivity contribution in [2.45, 2.75) is 40.5 Å². The minimum Gasteiger partial charge on any atom is -0.310 e. The van der Waals surface area contributed by atoms with Crippen LogP contribution in [0.3, 0.4) is 0 Å². The number of nitrogens with one attached hydrogen (secondary N) is 1. The lowest BCUT2D eigenvalue weighted by Gasteiger charge is -2.16. The Kier molecular flexibility index (Phi) is 3.41. The van der Waals surface area contributed by atoms with Crippen molar-refractivity contribution in [2.75, 3.05) is 0 Å². The van der Waals surface area contributed by atoms with E-state index in [-0.39, 0.29) is 18.4 Å².